The fraction of sp³-hybridized carbons (Fsp3) is 0.733. The molecular weight excluding hydrogens is 713 g/mol. The molecule has 0 aliphatic heterocycles. The van der Waals surface area contributed by atoms with Crippen molar-refractivity contribution in [3.05, 3.63) is 60.8 Å². The van der Waals surface area contributed by atoms with Crippen molar-refractivity contribution in [3.63, 3.8) is 0 Å². The highest BCUT2D eigenvalue weighted by Crippen LogP contribution is 2.43. The third-order valence-corrected chi connectivity index (χ3v) is 9.75. The highest BCUT2D eigenvalue weighted by molar-refractivity contribution is 7.47. The molecule has 0 aromatic heterocycles. The standard InChI is InChI=1S/C45H80NO8P/c1-6-8-10-12-14-16-18-20-22-23-24-26-28-30-32-34-36-38-45(48)54-43(42-53-55(49,50)52-40-39-46(3,4)5)41-51-44(47)37-35-33-31-29-27-25-21-19-17-15-13-11-9-7-2/h13,15,19-22,24,26,30,32,43H,6-12,14,16-18,23,25,27-29,31,33-42H2,1-5H3/p+1/b15-13+,21-19+,22-20+,26-24+,32-30+/t43-/m1/s1. The molecule has 10 heteroatoms. The average molecular weight is 795 g/mol. The lowest BCUT2D eigenvalue weighted by Gasteiger charge is -2.24. The van der Waals surface area contributed by atoms with Gasteiger partial charge in [-0.25, -0.2) is 4.57 Å². The van der Waals surface area contributed by atoms with Gasteiger partial charge in [-0.1, -0.05) is 139 Å². The molecular formula is C45H81NO8P+. The molecule has 55 heavy (non-hydrogen) atoms. The van der Waals surface area contributed by atoms with Crippen LogP contribution < -0.4 is 0 Å². The van der Waals surface area contributed by atoms with Gasteiger partial charge in [0.1, 0.15) is 19.8 Å². The number of phosphoric acid groups is 1. The van der Waals surface area contributed by atoms with E-state index in [4.69, 9.17) is 18.5 Å². The van der Waals surface area contributed by atoms with Crippen molar-refractivity contribution in [1.29, 1.82) is 0 Å². The minimum Gasteiger partial charge on any atom is -0.462 e. The first-order chi connectivity index (χ1) is 26.5. The zero-order chi connectivity index (χ0) is 40.7. The summed E-state index contributed by atoms with van der Waals surface area (Å²) in [6.45, 7) is 4.28. The van der Waals surface area contributed by atoms with E-state index in [0.717, 1.165) is 70.6 Å². The van der Waals surface area contributed by atoms with E-state index in [2.05, 4.69) is 74.6 Å². The number of rotatable bonds is 38. The second-order valence-electron chi connectivity index (χ2n) is 15.4. The maximum absolute atomic E-state index is 12.7. The van der Waals surface area contributed by atoms with Crippen LogP contribution in [0.5, 0.6) is 0 Å². The predicted octanol–water partition coefficient (Wildman–Crippen LogP) is 12.1. The molecule has 0 aliphatic rings. The average Bonchev–Trinajstić information content (AvgIpc) is 3.13. The number of carbonyl (C=O) groups excluding carboxylic acids is 2. The van der Waals surface area contributed by atoms with Gasteiger partial charge in [-0.15, -0.1) is 0 Å². The summed E-state index contributed by atoms with van der Waals surface area (Å²) in [4.78, 5) is 35.3. The van der Waals surface area contributed by atoms with E-state index in [1.54, 1.807) is 0 Å². The second-order valence-corrected chi connectivity index (χ2v) is 16.8. The minimum absolute atomic E-state index is 0.0177. The lowest BCUT2D eigenvalue weighted by atomic mass is 10.1. The Morgan fingerprint density at radius 3 is 1.56 bits per heavy atom. The van der Waals surface area contributed by atoms with E-state index in [-0.39, 0.29) is 26.1 Å². The van der Waals surface area contributed by atoms with Crippen LogP contribution in [0, 0.1) is 0 Å². The third kappa shape index (κ3) is 41.2. The Hall–Kier alpha value is -2.29. The lowest BCUT2D eigenvalue weighted by Crippen LogP contribution is -2.37. The SMILES string of the molecule is CCCC/C=C/C/C=C/CCCCCCCC(=O)OC[C@H](COP(=O)(O)OCC[N+](C)(C)C)OC(=O)CCC/C=C/C/C=C/C/C=C/CCCCCCCC. The van der Waals surface area contributed by atoms with Gasteiger partial charge >= 0.3 is 19.8 Å². The fourth-order valence-electron chi connectivity index (χ4n) is 5.34. The van der Waals surface area contributed by atoms with Crippen LogP contribution in [0.2, 0.25) is 0 Å². The number of carbonyl (C=O) groups is 2. The Morgan fingerprint density at radius 2 is 1.02 bits per heavy atom. The van der Waals surface area contributed by atoms with Gasteiger partial charge in [-0.3, -0.25) is 18.6 Å². The smallest absolute Gasteiger partial charge is 0.462 e. The van der Waals surface area contributed by atoms with E-state index in [9.17, 15) is 19.0 Å². The predicted molar refractivity (Wildman–Crippen MR) is 229 cm³/mol. The van der Waals surface area contributed by atoms with Gasteiger partial charge in [0.25, 0.3) is 0 Å². The summed E-state index contributed by atoms with van der Waals surface area (Å²) < 4.78 is 34.2. The van der Waals surface area contributed by atoms with E-state index in [1.165, 1.54) is 51.4 Å². The molecule has 0 amide bonds. The van der Waals surface area contributed by atoms with E-state index >= 15 is 0 Å². The maximum atomic E-state index is 12.7. The summed E-state index contributed by atoms with van der Waals surface area (Å²) in [6, 6.07) is 0. The molecule has 318 valence electrons. The molecule has 0 heterocycles. The number of quaternary nitrogens is 1. The van der Waals surface area contributed by atoms with Crippen molar-refractivity contribution in [3.8, 4) is 0 Å². The van der Waals surface area contributed by atoms with E-state index < -0.39 is 32.5 Å². The van der Waals surface area contributed by atoms with Gasteiger partial charge in [0.15, 0.2) is 6.10 Å². The first-order valence-electron chi connectivity index (χ1n) is 21.5. The van der Waals surface area contributed by atoms with E-state index in [0.29, 0.717) is 23.9 Å². The number of esters is 2. The molecule has 0 aromatic carbocycles. The van der Waals surface area contributed by atoms with Crippen molar-refractivity contribution in [2.75, 3.05) is 47.5 Å². The van der Waals surface area contributed by atoms with Crippen LogP contribution in [-0.4, -0.2) is 74.9 Å². The monoisotopic (exact) mass is 795 g/mol. The fourth-order valence-corrected chi connectivity index (χ4v) is 6.08. The van der Waals surface area contributed by atoms with Gasteiger partial charge in [0.05, 0.1) is 27.7 Å². The van der Waals surface area contributed by atoms with Crippen LogP contribution in [-0.2, 0) is 32.7 Å². The number of ether oxygens (including phenoxy) is 2. The van der Waals surface area contributed by atoms with Gasteiger partial charge < -0.3 is 18.9 Å². The van der Waals surface area contributed by atoms with Crippen LogP contribution in [0.4, 0.5) is 0 Å². The molecule has 0 fully saturated rings. The number of unbranched alkanes of at least 4 members (excludes halogenated alkanes) is 14. The Morgan fingerprint density at radius 1 is 0.564 bits per heavy atom. The zero-order valence-corrected chi connectivity index (χ0v) is 36.5. The lowest BCUT2D eigenvalue weighted by molar-refractivity contribution is -0.870. The summed E-state index contributed by atoms with van der Waals surface area (Å²) in [6.07, 6.45) is 44.2. The van der Waals surface area contributed by atoms with Crippen molar-refractivity contribution in [2.24, 2.45) is 0 Å². The Kier molecular flexibility index (Phi) is 35.7. The van der Waals surface area contributed by atoms with Gasteiger partial charge in [-0.2, -0.15) is 0 Å². The summed E-state index contributed by atoms with van der Waals surface area (Å²) in [5, 5.41) is 0. The normalized spacial score (nSPS) is 14.2. The Balaban J connectivity index is 4.50. The largest absolute Gasteiger partial charge is 0.472 e. The van der Waals surface area contributed by atoms with Crippen molar-refractivity contribution < 1.29 is 42.1 Å². The first-order valence-corrected chi connectivity index (χ1v) is 23.0. The molecule has 1 N–H and O–H groups in total. The summed E-state index contributed by atoms with van der Waals surface area (Å²) in [7, 11) is 1.43. The molecule has 9 nitrogen and oxygen atoms in total. The molecule has 2 atom stereocenters. The summed E-state index contributed by atoms with van der Waals surface area (Å²) in [5.74, 6) is -0.881. The molecule has 0 aliphatic carbocycles. The van der Waals surface area contributed by atoms with Crippen molar-refractivity contribution in [2.45, 2.75) is 168 Å². The zero-order valence-electron chi connectivity index (χ0n) is 35.6. The Labute approximate surface area is 336 Å². The molecule has 1 unspecified atom stereocenters. The number of hydrogen-bond donors (Lipinski definition) is 1. The van der Waals surface area contributed by atoms with E-state index in [1.807, 2.05) is 21.1 Å². The summed E-state index contributed by atoms with van der Waals surface area (Å²) in [5.41, 5.74) is 0. The van der Waals surface area contributed by atoms with Crippen LogP contribution in [0.3, 0.4) is 0 Å². The quantitative estimate of drug-likeness (QED) is 0.0216. The highest BCUT2D eigenvalue weighted by atomic mass is 31.2. The topological polar surface area (TPSA) is 108 Å². The number of allylic oxidation sites excluding steroid dienone is 10. The van der Waals surface area contributed by atoms with Crippen LogP contribution in [0.1, 0.15) is 162 Å². The second kappa shape index (κ2) is 37.3. The molecule has 0 saturated heterocycles. The number of nitrogens with zero attached hydrogens (tertiary/aromatic N) is 1. The Bertz CT molecular complexity index is 1120. The highest BCUT2D eigenvalue weighted by Gasteiger charge is 2.27. The molecule has 0 bridgehead atoms. The molecule has 0 saturated carbocycles. The molecule has 0 rings (SSSR count). The molecule has 0 radical (unpaired) electrons. The van der Waals surface area contributed by atoms with Gasteiger partial charge in [0, 0.05) is 12.8 Å². The van der Waals surface area contributed by atoms with Crippen molar-refractivity contribution >= 4 is 19.8 Å². The third-order valence-electron chi connectivity index (χ3n) is 8.77. The van der Waals surface area contributed by atoms with Crippen LogP contribution in [0.15, 0.2) is 60.8 Å². The van der Waals surface area contributed by atoms with Crippen LogP contribution >= 0.6 is 7.82 Å². The molecule has 0 spiro atoms. The first kappa shape index (κ1) is 52.7. The van der Waals surface area contributed by atoms with Gasteiger partial charge in [0.2, 0.25) is 0 Å². The number of hydrogen-bond acceptors (Lipinski definition) is 7. The van der Waals surface area contributed by atoms with Gasteiger partial charge in [-0.05, 0) is 70.6 Å². The summed E-state index contributed by atoms with van der Waals surface area (Å²) >= 11 is 0. The number of likely N-dealkylation sites (N-methyl/N-ethyl adjacent to an activating group) is 1. The number of phosphoric ester groups is 1. The molecule has 0 aromatic rings. The van der Waals surface area contributed by atoms with Crippen molar-refractivity contribution in [1.82, 2.24) is 0 Å². The maximum Gasteiger partial charge on any atom is 0.472 e. The minimum atomic E-state index is -4.39. The van der Waals surface area contributed by atoms with Crippen LogP contribution in [0.25, 0.3) is 0 Å².